The number of thiophene rings is 1. The summed E-state index contributed by atoms with van der Waals surface area (Å²) in [6.07, 6.45) is 5.67. The van der Waals surface area contributed by atoms with E-state index >= 15 is 0 Å². The lowest BCUT2D eigenvalue weighted by Crippen LogP contribution is -2.39. The second-order valence-electron chi connectivity index (χ2n) is 5.58. The lowest BCUT2D eigenvalue weighted by molar-refractivity contribution is 0.0699. The van der Waals surface area contributed by atoms with Crippen LogP contribution in [0.15, 0.2) is 35.3 Å². The quantitative estimate of drug-likeness (QED) is 0.789. The van der Waals surface area contributed by atoms with Crippen LogP contribution in [-0.4, -0.2) is 38.8 Å². The Hall–Kier alpha value is -1.99. The van der Waals surface area contributed by atoms with Gasteiger partial charge >= 0.3 is 0 Å². The molecule has 0 aliphatic carbocycles. The molecule has 1 amide bonds. The topological polar surface area (TPSA) is 61.9 Å². The molecule has 1 aliphatic rings. The summed E-state index contributed by atoms with van der Waals surface area (Å²) >= 11 is 3.18. The first-order chi connectivity index (χ1) is 11.3. The molecule has 0 spiro atoms. The molecule has 0 radical (unpaired) electrons. The predicted molar refractivity (Wildman–Crippen MR) is 91.9 cm³/mol. The van der Waals surface area contributed by atoms with E-state index in [9.17, 15) is 4.79 Å². The highest BCUT2D eigenvalue weighted by molar-refractivity contribution is 7.20. The Labute approximate surface area is 142 Å². The molecule has 23 heavy (non-hydrogen) atoms. The van der Waals surface area contributed by atoms with Crippen LogP contribution in [0.3, 0.4) is 0 Å². The minimum Gasteiger partial charge on any atom is -0.348 e. The normalized spacial score (nSPS) is 18.3. The van der Waals surface area contributed by atoms with Gasteiger partial charge in [-0.05, 0) is 24.3 Å². The maximum atomic E-state index is 12.7. The molecular formula is C16H16N4OS2. The van der Waals surface area contributed by atoms with Crippen LogP contribution < -0.4 is 0 Å². The van der Waals surface area contributed by atoms with E-state index in [0.717, 1.165) is 35.1 Å². The monoisotopic (exact) mass is 344 g/mol. The van der Waals surface area contributed by atoms with E-state index in [0.29, 0.717) is 12.2 Å². The van der Waals surface area contributed by atoms with Gasteiger partial charge in [0.1, 0.15) is 16.5 Å². The number of piperidine rings is 1. The molecule has 1 saturated heterocycles. The Kier molecular flexibility index (Phi) is 3.97. The zero-order valence-corrected chi connectivity index (χ0v) is 14.1. The van der Waals surface area contributed by atoms with Gasteiger partial charge in [0.15, 0.2) is 0 Å². The van der Waals surface area contributed by atoms with E-state index in [1.165, 1.54) is 11.3 Å². The zero-order valence-electron chi connectivity index (χ0n) is 12.4. The number of likely N-dealkylation sites (tertiary alicyclic amines) is 1. The molecule has 5 nitrogen and oxygen atoms in total. The summed E-state index contributed by atoms with van der Waals surface area (Å²) in [4.78, 5) is 27.8. The fourth-order valence-electron chi connectivity index (χ4n) is 2.93. The molecule has 0 saturated carbocycles. The number of amides is 1. The molecule has 1 unspecified atom stereocenters. The fraction of sp³-hybridized carbons (Fsp3) is 0.312. The van der Waals surface area contributed by atoms with Crippen molar-refractivity contribution in [3.8, 4) is 9.88 Å². The SMILES string of the molecule is O=C(c1csc(-c2cccs2)n1)N1CCCC(c2ncc[nH]2)C1. The summed E-state index contributed by atoms with van der Waals surface area (Å²) in [6.45, 7) is 1.50. The van der Waals surface area contributed by atoms with Crippen molar-refractivity contribution in [1.29, 1.82) is 0 Å². The number of carbonyl (C=O) groups excluding carboxylic acids is 1. The van der Waals surface area contributed by atoms with E-state index in [1.54, 1.807) is 17.5 Å². The first-order valence-corrected chi connectivity index (χ1v) is 9.35. The van der Waals surface area contributed by atoms with Crippen LogP contribution in [0.25, 0.3) is 9.88 Å². The number of hydrogen-bond donors (Lipinski definition) is 1. The third-order valence-corrected chi connectivity index (χ3v) is 5.95. The van der Waals surface area contributed by atoms with E-state index in [2.05, 4.69) is 15.0 Å². The average Bonchev–Trinajstić information content (AvgIpc) is 3.36. The van der Waals surface area contributed by atoms with Gasteiger partial charge in [0.05, 0.1) is 4.88 Å². The Morgan fingerprint density at radius 1 is 1.39 bits per heavy atom. The van der Waals surface area contributed by atoms with Crippen molar-refractivity contribution in [2.75, 3.05) is 13.1 Å². The summed E-state index contributed by atoms with van der Waals surface area (Å²) in [5.74, 6) is 1.29. The van der Waals surface area contributed by atoms with Gasteiger partial charge in [-0.2, -0.15) is 0 Å². The molecule has 4 heterocycles. The summed E-state index contributed by atoms with van der Waals surface area (Å²) < 4.78 is 0. The minimum absolute atomic E-state index is 0.0281. The van der Waals surface area contributed by atoms with Crippen LogP contribution in [0.2, 0.25) is 0 Å². The number of nitrogens with one attached hydrogen (secondary N) is 1. The van der Waals surface area contributed by atoms with Gasteiger partial charge in [-0.3, -0.25) is 4.79 Å². The summed E-state index contributed by atoms with van der Waals surface area (Å²) in [7, 11) is 0. The highest BCUT2D eigenvalue weighted by Gasteiger charge is 2.28. The third kappa shape index (κ3) is 2.94. The molecule has 4 rings (SSSR count). The van der Waals surface area contributed by atoms with Crippen LogP contribution in [0.1, 0.15) is 35.1 Å². The number of aromatic nitrogens is 3. The molecule has 1 N–H and O–H groups in total. The van der Waals surface area contributed by atoms with Crippen molar-refractivity contribution in [1.82, 2.24) is 19.9 Å². The number of H-pyrrole nitrogens is 1. The molecule has 1 fully saturated rings. The molecule has 118 valence electrons. The maximum Gasteiger partial charge on any atom is 0.273 e. The highest BCUT2D eigenvalue weighted by atomic mass is 32.1. The molecule has 0 bridgehead atoms. The minimum atomic E-state index is 0.0281. The van der Waals surface area contributed by atoms with E-state index < -0.39 is 0 Å². The van der Waals surface area contributed by atoms with Crippen molar-refractivity contribution in [2.24, 2.45) is 0 Å². The Bertz CT molecular complexity index is 779. The Balaban J connectivity index is 1.50. The smallest absolute Gasteiger partial charge is 0.273 e. The van der Waals surface area contributed by atoms with Crippen molar-refractivity contribution in [3.05, 3.63) is 46.8 Å². The van der Waals surface area contributed by atoms with Crippen molar-refractivity contribution >= 4 is 28.6 Å². The van der Waals surface area contributed by atoms with E-state index in [1.807, 2.05) is 34.0 Å². The number of carbonyl (C=O) groups is 1. The molecule has 1 atom stereocenters. The molecular weight excluding hydrogens is 328 g/mol. The molecule has 0 aromatic carbocycles. The maximum absolute atomic E-state index is 12.7. The van der Waals surface area contributed by atoms with Crippen molar-refractivity contribution in [2.45, 2.75) is 18.8 Å². The molecule has 3 aromatic rings. The summed E-state index contributed by atoms with van der Waals surface area (Å²) in [5, 5.41) is 4.81. The van der Waals surface area contributed by atoms with Crippen LogP contribution in [-0.2, 0) is 0 Å². The Morgan fingerprint density at radius 2 is 2.35 bits per heavy atom. The molecule has 7 heteroatoms. The van der Waals surface area contributed by atoms with Gasteiger partial charge < -0.3 is 9.88 Å². The van der Waals surface area contributed by atoms with Crippen molar-refractivity contribution in [3.63, 3.8) is 0 Å². The second-order valence-corrected chi connectivity index (χ2v) is 7.39. The molecule has 3 aromatic heterocycles. The summed E-state index contributed by atoms with van der Waals surface area (Å²) in [6, 6.07) is 4.03. The van der Waals surface area contributed by atoms with Gasteiger partial charge in [-0.25, -0.2) is 9.97 Å². The van der Waals surface area contributed by atoms with Crippen LogP contribution >= 0.6 is 22.7 Å². The molecule has 1 aliphatic heterocycles. The lowest BCUT2D eigenvalue weighted by Gasteiger charge is -2.31. The fourth-order valence-corrected chi connectivity index (χ4v) is 4.54. The number of rotatable bonds is 3. The van der Waals surface area contributed by atoms with Crippen LogP contribution in [0.5, 0.6) is 0 Å². The number of thiazole rings is 1. The standard InChI is InChI=1S/C16H16N4OS2/c21-16(12-10-23-15(19-12)13-4-2-8-22-13)20-7-1-3-11(9-20)14-17-5-6-18-14/h2,4-6,8,10-11H,1,3,7,9H2,(H,17,18). The summed E-state index contributed by atoms with van der Waals surface area (Å²) in [5.41, 5.74) is 0.554. The largest absolute Gasteiger partial charge is 0.348 e. The second kappa shape index (κ2) is 6.25. The number of nitrogens with zero attached hydrogens (tertiary/aromatic N) is 3. The van der Waals surface area contributed by atoms with Crippen molar-refractivity contribution < 1.29 is 4.79 Å². The van der Waals surface area contributed by atoms with Crippen LogP contribution in [0, 0.1) is 0 Å². The zero-order chi connectivity index (χ0) is 15.6. The Morgan fingerprint density at radius 3 is 3.13 bits per heavy atom. The number of aromatic amines is 1. The lowest BCUT2D eigenvalue weighted by atomic mass is 9.97. The van der Waals surface area contributed by atoms with Gasteiger partial charge in [-0.1, -0.05) is 6.07 Å². The predicted octanol–water partition coefficient (Wildman–Crippen LogP) is 3.61. The number of hydrogen-bond acceptors (Lipinski definition) is 5. The van der Waals surface area contributed by atoms with Gasteiger partial charge in [0.2, 0.25) is 0 Å². The van der Waals surface area contributed by atoms with Gasteiger partial charge in [0.25, 0.3) is 5.91 Å². The van der Waals surface area contributed by atoms with Crippen LogP contribution in [0.4, 0.5) is 0 Å². The first kappa shape index (κ1) is 14.6. The average molecular weight is 344 g/mol. The third-order valence-electron chi connectivity index (χ3n) is 4.07. The first-order valence-electron chi connectivity index (χ1n) is 7.59. The van der Waals surface area contributed by atoms with Gasteiger partial charge in [-0.15, -0.1) is 22.7 Å². The van der Waals surface area contributed by atoms with E-state index in [-0.39, 0.29) is 11.8 Å². The highest BCUT2D eigenvalue weighted by Crippen LogP contribution is 2.29. The van der Waals surface area contributed by atoms with E-state index in [4.69, 9.17) is 0 Å². The number of imidazole rings is 1. The van der Waals surface area contributed by atoms with Gasteiger partial charge in [0, 0.05) is 36.8 Å².